The maximum absolute atomic E-state index is 12.7. The predicted molar refractivity (Wildman–Crippen MR) is 110 cm³/mol. The van der Waals surface area contributed by atoms with Gasteiger partial charge in [0.1, 0.15) is 6.10 Å². The number of carbonyl (C=O) groups is 2. The minimum atomic E-state index is -0.454. The molecule has 2 fully saturated rings. The van der Waals surface area contributed by atoms with Gasteiger partial charge < -0.3 is 15.0 Å². The molecule has 3 atom stereocenters. The number of anilines is 1. The van der Waals surface area contributed by atoms with Gasteiger partial charge in [-0.1, -0.05) is 37.3 Å². The third kappa shape index (κ3) is 4.32. The number of pyridine rings is 1. The van der Waals surface area contributed by atoms with Gasteiger partial charge in [-0.3, -0.25) is 14.6 Å². The normalized spacial score (nSPS) is 26.4. The summed E-state index contributed by atoms with van der Waals surface area (Å²) in [5.74, 6) is 0.221. The van der Waals surface area contributed by atoms with Crippen LogP contribution in [0.3, 0.4) is 0 Å². The van der Waals surface area contributed by atoms with Crippen LogP contribution in [-0.4, -0.2) is 46.5 Å². The lowest BCUT2D eigenvalue weighted by Gasteiger charge is -2.44. The standard InChI is InChI=1S/C23H27N3O3/c1-17-16-26(21(27)14-18-6-3-2-4-7-18)13-11-23(17)10-9-20(29-23)22(28)25-19-8-5-12-24-15-19/h2-8,12,15,17,20H,9-11,13-14,16H2,1H3,(H,25,28)/t17-,20-,23-/m1/s1. The zero-order valence-electron chi connectivity index (χ0n) is 16.7. The molecule has 4 rings (SSSR count). The number of rotatable bonds is 4. The van der Waals surface area contributed by atoms with Crippen LogP contribution >= 0.6 is 0 Å². The highest BCUT2D eigenvalue weighted by molar-refractivity contribution is 5.94. The zero-order chi connectivity index (χ0) is 20.3. The fourth-order valence-corrected chi connectivity index (χ4v) is 4.43. The lowest BCUT2D eigenvalue weighted by atomic mass is 9.80. The van der Waals surface area contributed by atoms with Crippen molar-refractivity contribution >= 4 is 17.5 Å². The van der Waals surface area contributed by atoms with E-state index in [9.17, 15) is 9.59 Å². The van der Waals surface area contributed by atoms with Crippen LogP contribution in [0.25, 0.3) is 0 Å². The number of likely N-dealkylation sites (tertiary alicyclic amines) is 1. The topological polar surface area (TPSA) is 71.5 Å². The van der Waals surface area contributed by atoms with Crippen LogP contribution in [0.4, 0.5) is 5.69 Å². The summed E-state index contributed by atoms with van der Waals surface area (Å²) in [6.45, 7) is 3.47. The van der Waals surface area contributed by atoms with E-state index < -0.39 is 6.10 Å². The number of hydrogen-bond donors (Lipinski definition) is 1. The van der Waals surface area contributed by atoms with Gasteiger partial charge in [0.2, 0.25) is 5.91 Å². The van der Waals surface area contributed by atoms with Crippen molar-refractivity contribution in [3.8, 4) is 0 Å². The number of carbonyl (C=O) groups excluding carboxylic acids is 2. The second-order valence-electron chi connectivity index (χ2n) is 8.09. The molecule has 1 N–H and O–H groups in total. The summed E-state index contributed by atoms with van der Waals surface area (Å²) in [5, 5.41) is 2.88. The van der Waals surface area contributed by atoms with Crippen molar-refractivity contribution in [2.45, 2.75) is 44.3 Å². The second kappa shape index (κ2) is 8.33. The summed E-state index contributed by atoms with van der Waals surface area (Å²) in [4.78, 5) is 31.3. The molecule has 2 aliphatic rings. The lowest BCUT2D eigenvalue weighted by molar-refractivity contribution is -0.151. The van der Waals surface area contributed by atoms with E-state index in [1.54, 1.807) is 18.5 Å². The largest absolute Gasteiger partial charge is 0.362 e. The number of nitrogens with zero attached hydrogens (tertiary/aromatic N) is 2. The van der Waals surface area contributed by atoms with Crippen LogP contribution in [0.1, 0.15) is 31.7 Å². The minimum Gasteiger partial charge on any atom is -0.362 e. The molecular weight excluding hydrogens is 366 g/mol. The van der Waals surface area contributed by atoms with E-state index in [0.717, 1.165) is 18.4 Å². The van der Waals surface area contributed by atoms with Crippen LogP contribution in [0.5, 0.6) is 0 Å². The summed E-state index contributed by atoms with van der Waals surface area (Å²) < 4.78 is 6.31. The smallest absolute Gasteiger partial charge is 0.253 e. The van der Waals surface area contributed by atoms with Gasteiger partial charge in [0.25, 0.3) is 5.91 Å². The molecule has 3 heterocycles. The molecule has 0 aliphatic carbocycles. The van der Waals surface area contributed by atoms with E-state index >= 15 is 0 Å². The van der Waals surface area contributed by atoms with Crippen molar-refractivity contribution in [2.24, 2.45) is 5.92 Å². The molecule has 6 heteroatoms. The molecule has 1 aromatic carbocycles. The van der Waals surface area contributed by atoms with E-state index in [2.05, 4.69) is 17.2 Å². The van der Waals surface area contributed by atoms with E-state index in [-0.39, 0.29) is 23.3 Å². The van der Waals surface area contributed by atoms with Crippen molar-refractivity contribution < 1.29 is 14.3 Å². The third-order valence-electron chi connectivity index (χ3n) is 6.18. The van der Waals surface area contributed by atoms with Crippen LogP contribution in [0, 0.1) is 5.92 Å². The van der Waals surface area contributed by atoms with E-state index in [0.29, 0.717) is 31.6 Å². The molecule has 2 aromatic rings. The highest BCUT2D eigenvalue weighted by Gasteiger charge is 2.49. The minimum absolute atomic E-state index is 0.121. The fourth-order valence-electron chi connectivity index (χ4n) is 4.43. The average Bonchev–Trinajstić information content (AvgIpc) is 3.17. The van der Waals surface area contributed by atoms with Gasteiger partial charge in [-0.25, -0.2) is 0 Å². The quantitative estimate of drug-likeness (QED) is 0.867. The molecule has 2 aliphatic heterocycles. The molecule has 0 radical (unpaired) electrons. The van der Waals surface area contributed by atoms with Gasteiger partial charge in [-0.15, -0.1) is 0 Å². The first-order chi connectivity index (χ1) is 14.1. The lowest BCUT2D eigenvalue weighted by Crippen LogP contribution is -2.53. The van der Waals surface area contributed by atoms with Crippen molar-refractivity contribution in [3.63, 3.8) is 0 Å². The van der Waals surface area contributed by atoms with E-state index in [1.807, 2.05) is 41.3 Å². The molecule has 152 valence electrons. The maximum Gasteiger partial charge on any atom is 0.253 e. The molecule has 1 spiro atoms. The summed E-state index contributed by atoms with van der Waals surface area (Å²) >= 11 is 0. The Labute approximate surface area is 171 Å². The summed E-state index contributed by atoms with van der Waals surface area (Å²) in [5.41, 5.74) is 1.40. The predicted octanol–water partition coefficient (Wildman–Crippen LogP) is 3.05. The first-order valence-electron chi connectivity index (χ1n) is 10.3. The number of piperidine rings is 1. The maximum atomic E-state index is 12.7. The first kappa shape index (κ1) is 19.6. The van der Waals surface area contributed by atoms with Crippen LogP contribution in [-0.2, 0) is 20.7 Å². The Kier molecular flexibility index (Phi) is 5.62. The highest BCUT2D eigenvalue weighted by atomic mass is 16.5. The number of hydrogen-bond acceptors (Lipinski definition) is 4. The molecule has 0 saturated carbocycles. The number of aromatic nitrogens is 1. The van der Waals surface area contributed by atoms with Crippen LogP contribution in [0.2, 0.25) is 0 Å². The molecule has 2 amide bonds. The van der Waals surface area contributed by atoms with Gasteiger partial charge in [0.05, 0.1) is 23.9 Å². The van der Waals surface area contributed by atoms with E-state index in [4.69, 9.17) is 4.74 Å². The zero-order valence-corrected chi connectivity index (χ0v) is 16.7. The molecule has 2 saturated heterocycles. The molecule has 0 bridgehead atoms. The molecular formula is C23H27N3O3. The Balaban J connectivity index is 1.33. The first-order valence-corrected chi connectivity index (χ1v) is 10.3. The Morgan fingerprint density at radius 1 is 1.21 bits per heavy atom. The third-order valence-corrected chi connectivity index (χ3v) is 6.18. The number of ether oxygens (including phenoxy) is 1. The van der Waals surface area contributed by atoms with Crippen LogP contribution < -0.4 is 5.32 Å². The molecule has 29 heavy (non-hydrogen) atoms. The average molecular weight is 393 g/mol. The van der Waals surface area contributed by atoms with Gasteiger partial charge >= 0.3 is 0 Å². The fraction of sp³-hybridized carbons (Fsp3) is 0.435. The monoisotopic (exact) mass is 393 g/mol. The Morgan fingerprint density at radius 2 is 2.03 bits per heavy atom. The second-order valence-corrected chi connectivity index (χ2v) is 8.09. The van der Waals surface area contributed by atoms with Crippen molar-refractivity contribution in [3.05, 3.63) is 60.4 Å². The molecule has 1 aromatic heterocycles. The van der Waals surface area contributed by atoms with Crippen LogP contribution in [0.15, 0.2) is 54.9 Å². The van der Waals surface area contributed by atoms with Gasteiger partial charge in [0.15, 0.2) is 0 Å². The van der Waals surface area contributed by atoms with E-state index in [1.165, 1.54) is 0 Å². The van der Waals surface area contributed by atoms with Gasteiger partial charge in [-0.2, -0.15) is 0 Å². The Hall–Kier alpha value is -2.73. The Morgan fingerprint density at radius 3 is 2.76 bits per heavy atom. The summed E-state index contributed by atoms with van der Waals surface area (Å²) in [6, 6.07) is 13.4. The number of amides is 2. The Bertz CT molecular complexity index is 858. The van der Waals surface area contributed by atoms with Crippen molar-refractivity contribution in [2.75, 3.05) is 18.4 Å². The summed E-state index contributed by atoms with van der Waals surface area (Å²) in [7, 11) is 0. The van der Waals surface area contributed by atoms with Gasteiger partial charge in [-0.05, 0) is 37.0 Å². The van der Waals surface area contributed by atoms with Gasteiger partial charge in [0, 0.05) is 25.2 Å². The molecule has 0 unspecified atom stereocenters. The van der Waals surface area contributed by atoms with Crippen molar-refractivity contribution in [1.82, 2.24) is 9.88 Å². The van der Waals surface area contributed by atoms with Crippen molar-refractivity contribution in [1.29, 1.82) is 0 Å². The molecule has 6 nitrogen and oxygen atoms in total. The summed E-state index contributed by atoms with van der Waals surface area (Å²) in [6.07, 6.45) is 5.59. The SMILES string of the molecule is C[C@@H]1CN(C(=O)Cc2ccccc2)CC[C@]12CC[C@H](C(=O)Nc1cccnc1)O2. The number of nitrogens with one attached hydrogen (secondary N) is 1. The number of benzene rings is 1. The highest BCUT2D eigenvalue weighted by Crippen LogP contribution is 2.42.